The van der Waals surface area contributed by atoms with Crippen LogP contribution in [0.5, 0.6) is 5.75 Å². The van der Waals surface area contributed by atoms with Gasteiger partial charge in [0, 0.05) is 0 Å². The van der Waals surface area contributed by atoms with Crippen molar-refractivity contribution in [1.29, 1.82) is 0 Å². The van der Waals surface area contributed by atoms with Crippen LogP contribution >= 0.6 is 0 Å². The van der Waals surface area contributed by atoms with Crippen LogP contribution in [0.2, 0.25) is 0 Å². The van der Waals surface area contributed by atoms with E-state index in [0.717, 1.165) is 11.8 Å². The molecule has 0 aromatic heterocycles. The molecule has 0 bridgehead atoms. The second-order valence-corrected chi connectivity index (χ2v) is 6.16. The molecule has 0 unspecified atom stereocenters. The van der Waals surface area contributed by atoms with Crippen molar-refractivity contribution in [2.45, 2.75) is 6.92 Å². The summed E-state index contributed by atoms with van der Waals surface area (Å²) < 4.78 is 25.3. The zero-order chi connectivity index (χ0) is 14.0. The number of hydrogen-bond acceptors (Lipinski definition) is 3. The first kappa shape index (κ1) is 13.4. The Hall–Kier alpha value is -2.01. The maximum absolute atomic E-state index is 12.0. The van der Waals surface area contributed by atoms with Crippen molar-refractivity contribution in [3.63, 3.8) is 0 Å². The molecule has 2 aromatic carbocycles. The van der Waals surface area contributed by atoms with Gasteiger partial charge in [-0.1, -0.05) is 18.2 Å². The largest absolute Gasteiger partial charge is 0.508 e. The highest BCUT2D eigenvalue weighted by Crippen LogP contribution is 2.31. The van der Waals surface area contributed by atoms with Gasteiger partial charge in [-0.25, -0.2) is 12.7 Å². The van der Waals surface area contributed by atoms with E-state index in [9.17, 15) is 13.5 Å². The molecule has 1 N–H and O–H groups in total. The summed E-state index contributed by atoms with van der Waals surface area (Å²) in [5, 5.41) is 9.30. The van der Waals surface area contributed by atoms with E-state index in [-0.39, 0.29) is 5.75 Å². The Morgan fingerprint density at radius 1 is 1.00 bits per heavy atom. The van der Waals surface area contributed by atoms with Gasteiger partial charge in [0.2, 0.25) is 10.0 Å². The highest BCUT2D eigenvalue weighted by atomic mass is 32.2. The molecular weight excluding hydrogens is 262 g/mol. The smallest absolute Gasteiger partial charge is 0.236 e. The predicted octanol–water partition coefficient (Wildman–Crippen LogP) is 2.80. The number of aryl methyl sites for hydroxylation is 1. The molecule has 0 fully saturated rings. The zero-order valence-electron chi connectivity index (χ0n) is 10.7. The van der Waals surface area contributed by atoms with Gasteiger partial charge in [-0.2, -0.15) is 0 Å². The molecule has 0 radical (unpaired) electrons. The summed E-state index contributed by atoms with van der Waals surface area (Å²) in [6.07, 6.45) is 1.16. The first-order chi connectivity index (χ1) is 8.89. The normalized spacial score (nSPS) is 11.3. The molecule has 0 saturated carbocycles. The van der Waals surface area contributed by atoms with Gasteiger partial charge >= 0.3 is 0 Å². The van der Waals surface area contributed by atoms with E-state index in [4.69, 9.17) is 0 Å². The standard InChI is InChI=1S/C14H15NO3S/c1-11-5-3-4-6-14(11)15(19(2,17)18)12-7-9-13(16)10-8-12/h3-10,16H,1-2H3. The fourth-order valence-corrected chi connectivity index (χ4v) is 2.96. The van der Waals surface area contributed by atoms with Crippen molar-refractivity contribution in [1.82, 2.24) is 0 Å². The minimum Gasteiger partial charge on any atom is -0.508 e. The Morgan fingerprint density at radius 3 is 2.11 bits per heavy atom. The minimum atomic E-state index is -3.45. The van der Waals surface area contributed by atoms with Gasteiger partial charge in [0.15, 0.2) is 0 Å². The van der Waals surface area contributed by atoms with Crippen molar-refractivity contribution in [3.05, 3.63) is 54.1 Å². The van der Waals surface area contributed by atoms with Crippen LogP contribution < -0.4 is 4.31 Å². The third-order valence-electron chi connectivity index (χ3n) is 2.75. The molecule has 0 heterocycles. The van der Waals surface area contributed by atoms with Gasteiger partial charge in [0.1, 0.15) is 5.75 Å². The predicted molar refractivity (Wildman–Crippen MR) is 76.3 cm³/mol. The topological polar surface area (TPSA) is 57.6 Å². The van der Waals surface area contributed by atoms with E-state index < -0.39 is 10.0 Å². The fraction of sp³-hybridized carbons (Fsp3) is 0.143. The number of hydrogen-bond donors (Lipinski definition) is 1. The van der Waals surface area contributed by atoms with Crippen molar-refractivity contribution >= 4 is 21.4 Å². The van der Waals surface area contributed by atoms with E-state index in [2.05, 4.69) is 0 Å². The molecule has 0 aliphatic heterocycles. The fourth-order valence-electron chi connectivity index (χ4n) is 1.89. The summed E-state index contributed by atoms with van der Waals surface area (Å²) in [5.74, 6) is 0.0991. The number of nitrogens with zero attached hydrogens (tertiary/aromatic N) is 1. The van der Waals surface area contributed by atoms with E-state index >= 15 is 0 Å². The van der Waals surface area contributed by atoms with Gasteiger partial charge in [-0.3, -0.25) is 0 Å². The second kappa shape index (κ2) is 4.93. The lowest BCUT2D eigenvalue weighted by molar-refractivity contribution is 0.475. The average molecular weight is 277 g/mol. The van der Waals surface area contributed by atoms with Crippen molar-refractivity contribution in [3.8, 4) is 5.75 Å². The Bertz CT molecular complexity index is 678. The van der Waals surface area contributed by atoms with Crippen LogP contribution in [0.4, 0.5) is 11.4 Å². The number of phenols is 1. The van der Waals surface area contributed by atoms with E-state index in [1.807, 2.05) is 19.1 Å². The molecule has 5 heteroatoms. The highest BCUT2D eigenvalue weighted by molar-refractivity contribution is 7.92. The quantitative estimate of drug-likeness (QED) is 0.938. The van der Waals surface area contributed by atoms with E-state index in [0.29, 0.717) is 11.4 Å². The van der Waals surface area contributed by atoms with Crippen LogP contribution in [0.1, 0.15) is 5.56 Å². The Morgan fingerprint density at radius 2 is 1.58 bits per heavy atom. The van der Waals surface area contributed by atoms with Crippen LogP contribution in [-0.4, -0.2) is 19.8 Å². The summed E-state index contributed by atoms with van der Waals surface area (Å²) in [4.78, 5) is 0. The van der Waals surface area contributed by atoms with E-state index in [1.54, 1.807) is 24.3 Å². The Kier molecular flexibility index (Phi) is 3.48. The molecule has 0 saturated heterocycles. The summed E-state index contributed by atoms with van der Waals surface area (Å²) in [5.41, 5.74) is 1.96. The molecule has 100 valence electrons. The number of phenolic OH excluding ortho intramolecular Hbond substituents is 1. The molecule has 2 rings (SSSR count). The first-order valence-corrected chi connectivity index (χ1v) is 7.59. The lowest BCUT2D eigenvalue weighted by Crippen LogP contribution is -2.25. The molecule has 2 aromatic rings. The van der Waals surface area contributed by atoms with Crippen molar-refractivity contribution < 1.29 is 13.5 Å². The number of rotatable bonds is 3. The molecule has 0 spiro atoms. The van der Waals surface area contributed by atoms with Gasteiger partial charge in [-0.05, 0) is 42.8 Å². The van der Waals surface area contributed by atoms with Crippen LogP contribution in [0, 0.1) is 6.92 Å². The second-order valence-electron chi connectivity index (χ2n) is 4.33. The van der Waals surface area contributed by atoms with Crippen molar-refractivity contribution in [2.24, 2.45) is 0 Å². The number of benzene rings is 2. The molecule has 4 nitrogen and oxygen atoms in total. The van der Waals surface area contributed by atoms with Crippen LogP contribution in [0.25, 0.3) is 0 Å². The number of para-hydroxylation sites is 1. The summed E-state index contributed by atoms with van der Waals surface area (Å²) in [6, 6.07) is 13.3. The molecule has 0 aliphatic carbocycles. The number of anilines is 2. The zero-order valence-corrected chi connectivity index (χ0v) is 11.6. The van der Waals surface area contributed by atoms with Crippen LogP contribution in [0.3, 0.4) is 0 Å². The molecule has 19 heavy (non-hydrogen) atoms. The third-order valence-corrected chi connectivity index (χ3v) is 3.82. The van der Waals surface area contributed by atoms with Gasteiger partial charge < -0.3 is 5.11 Å². The summed E-state index contributed by atoms with van der Waals surface area (Å²) in [6.45, 7) is 1.86. The summed E-state index contributed by atoms with van der Waals surface area (Å²) in [7, 11) is -3.45. The van der Waals surface area contributed by atoms with Crippen LogP contribution in [0.15, 0.2) is 48.5 Å². The monoisotopic (exact) mass is 277 g/mol. The van der Waals surface area contributed by atoms with Gasteiger partial charge in [-0.15, -0.1) is 0 Å². The SMILES string of the molecule is Cc1ccccc1N(c1ccc(O)cc1)S(C)(=O)=O. The molecular formula is C14H15NO3S. The molecule has 0 amide bonds. The Labute approximate surface area is 113 Å². The summed E-state index contributed by atoms with van der Waals surface area (Å²) >= 11 is 0. The maximum atomic E-state index is 12.0. The number of sulfonamides is 1. The lowest BCUT2D eigenvalue weighted by Gasteiger charge is -2.24. The number of aromatic hydroxyl groups is 1. The van der Waals surface area contributed by atoms with Crippen molar-refractivity contribution in [2.75, 3.05) is 10.6 Å². The minimum absolute atomic E-state index is 0.0991. The molecule has 0 aliphatic rings. The maximum Gasteiger partial charge on any atom is 0.236 e. The van der Waals surface area contributed by atoms with Gasteiger partial charge in [0.25, 0.3) is 0 Å². The first-order valence-electron chi connectivity index (χ1n) is 5.74. The Balaban J connectivity index is 2.62. The average Bonchev–Trinajstić information content (AvgIpc) is 2.33. The highest BCUT2D eigenvalue weighted by Gasteiger charge is 2.20. The lowest BCUT2D eigenvalue weighted by atomic mass is 10.2. The molecule has 0 atom stereocenters. The van der Waals surface area contributed by atoms with E-state index in [1.165, 1.54) is 16.4 Å². The third kappa shape index (κ3) is 2.88. The van der Waals surface area contributed by atoms with Gasteiger partial charge in [0.05, 0.1) is 17.6 Å². The van der Waals surface area contributed by atoms with Crippen LogP contribution in [-0.2, 0) is 10.0 Å².